The molecule has 0 bridgehead atoms. The maximum Gasteiger partial charge on any atom is 0.122 e. The van der Waals surface area contributed by atoms with Crippen LogP contribution in [0.1, 0.15) is 26.4 Å². The highest BCUT2D eigenvalue weighted by Crippen LogP contribution is 2.25. The van der Waals surface area contributed by atoms with Gasteiger partial charge in [-0.05, 0) is 44.0 Å². The van der Waals surface area contributed by atoms with E-state index in [-0.39, 0.29) is 0 Å². The third kappa shape index (κ3) is 2.74. The van der Waals surface area contributed by atoms with Crippen molar-refractivity contribution >= 4 is 11.3 Å². The SMILES string of the molecule is Cc1cccc(OCc2cc(CN)sc2C)c1C. The molecule has 2 N–H and O–H groups in total. The quantitative estimate of drug-likeness (QED) is 0.910. The van der Waals surface area contributed by atoms with E-state index >= 15 is 0 Å². The van der Waals surface area contributed by atoms with Gasteiger partial charge >= 0.3 is 0 Å². The van der Waals surface area contributed by atoms with Gasteiger partial charge in [0.15, 0.2) is 0 Å². The van der Waals surface area contributed by atoms with Crippen LogP contribution in [0.2, 0.25) is 0 Å². The van der Waals surface area contributed by atoms with Crippen LogP contribution in [0, 0.1) is 20.8 Å². The highest BCUT2D eigenvalue weighted by molar-refractivity contribution is 7.12. The molecule has 0 aliphatic carbocycles. The summed E-state index contributed by atoms with van der Waals surface area (Å²) >= 11 is 1.75. The van der Waals surface area contributed by atoms with Gasteiger partial charge in [0.2, 0.25) is 0 Å². The van der Waals surface area contributed by atoms with Gasteiger partial charge in [-0.1, -0.05) is 12.1 Å². The van der Waals surface area contributed by atoms with E-state index in [1.807, 2.05) is 12.1 Å². The summed E-state index contributed by atoms with van der Waals surface area (Å²) in [6, 6.07) is 8.30. The summed E-state index contributed by atoms with van der Waals surface area (Å²) in [5.41, 5.74) is 9.36. The van der Waals surface area contributed by atoms with Gasteiger partial charge in [0, 0.05) is 21.9 Å². The van der Waals surface area contributed by atoms with Gasteiger partial charge in [-0.15, -0.1) is 11.3 Å². The highest BCUT2D eigenvalue weighted by Gasteiger charge is 2.07. The van der Waals surface area contributed by atoms with E-state index in [4.69, 9.17) is 10.5 Å². The Hall–Kier alpha value is -1.32. The van der Waals surface area contributed by atoms with E-state index in [2.05, 4.69) is 32.9 Å². The second kappa shape index (κ2) is 5.55. The van der Waals surface area contributed by atoms with Crippen LogP contribution in [0.5, 0.6) is 5.75 Å². The number of hydrogen-bond acceptors (Lipinski definition) is 3. The minimum atomic E-state index is 0.606. The van der Waals surface area contributed by atoms with E-state index < -0.39 is 0 Å². The predicted molar refractivity (Wildman–Crippen MR) is 77.2 cm³/mol. The second-order valence-corrected chi connectivity index (χ2v) is 5.83. The lowest BCUT2D eigenvalue weighted by atomic mass is 10.1. The molecule has 0 saturated heterocycles. The molecule has 0 radical (unpaired) electrons. The molecule has 0 fully saturated rings. The van der Waals surface area contributed by atoms with E-state index in [9.17, 15) is 0 Å². The minimum Gasteiger partial charge on any atom is -0.489 e. The van der Waals surface area contributed by atoms with E-state index in [0.29, 0.717) is 13.2 Å². The fourth-order valence-electron chi connectivity index (χ4n) is 1.87. The summed E-state index contributed by atoms with van der Waals surface area (Å²) in [7, 11) is 0. The lowest BCUT2D eigenvalue weighted by molar-refractivity contribution is 0.303. The summed E-state index contributed by atoms with van der Waals surface area (Å²) in [5, 5.41) is 0. The van der Waals surface area contributed by atoms with Gasteiger partial charge in [0.25, 0.3) is 0 Å². The molecule has 1 heterocycles. The van der Waals surface area contributed by atoms with Crippen LogP contribution in [-0.2, 0) is 13.2 Å². The lowest BCUT2D eigenvalue weighted by Crippen LogP contribution is -1.98. The Labute approximate surface area is 112 Å². The van der Waals surface area contributed by atoms with Crippen LogP contribution in [0.4, 0.5) is 0 Å². The first-order chi connectivity index (χ1) is 8.61. The number of nitrogens with two attached hydrogens (primary N) is 1. The first-order valence-corrected chi connectivity index (χ1v) is 6.90. The minimum absolute atomic E-state index is 0.606. The zero-order valence-electron chi connectivity index (χ0n) is 11.1. The molecule has 2 aromatic rings. The Morgan fingerprint density at radius 2 is 2.00 bits per heavy atom. The molecule has 2 rings (SSSR count). The Morgan fingerprint density at radius 3 is 2.67 bits per heavy atom. The average Bonchev–Trinajstić information content (AvgIpc) is 2.72. The van der Waals surface area contributed by atoms with Crippen molar-refractivity contribution in [2.45, 2.75) is 33.9 Å². The molecule has 0 saturated carbocycles. The Morgan fingerprint density at radius 1 is 1.22 bits per heavy atom. The molecule has 96 valence electrons. The topological polar surface area (TPSA) is 35.2 Å². The van der Waals surface area contributed by atoms with Crippen molar-refractivity contribution in [3.63, 3.8) is 0 Å². The van der Waals surface area contributed by atoms with Crippen molar-refractivity contribution in [3.05, 3.63) is 50.7 Å². The molecule has 0 spiro atoms. The fraction of sp³-hybridized carbons (Fsp3) is 0.333. The summed E-state index contributed by atoms with van der Waals surface area (Å²) in [4.78, 5) is 2.51. The highest BCUT2D eigenvalue weighted by atomic mass is 32.1. The first kappa shape index (κ1) is 13.1. The smallest absolute Gasteiger partial charge is 0.122 e. The monoisotopic (exact) mass is 261 g/mol. The van der Waals surface area contributed by atoms with Crippen molar-refractivity contribution < 1.29 is 4.74 Å². The number of aryl methyl sites for hydroxylation is 2. The average molecular weight is 261 g/mol. The largest absolute Gasteiger partial charge is 0.489 e. The molecule has 0 aliphatic heterocycles. The number of benzene rings is 1. The number of hydrogen-bond donors (Lipinski definition) is 1. The van der Waals surface area contributed by atoms with Gasteiger partial charge in [0.1, 0.15) is 12.4 Å². The van der Waals surface area contributed by atoms with E-state index in [0.717, 1.165) is 5.75 Å². The third-order valence-electron chi connectivity index (χ3n) is 3.21. The first-order valence-electron chi connectivity index (χ1n) is 6.09. The van der Waals surface area contributed by atoms with Gasteiger partial charge < -0.3 is 10.5 Å². The zero-order valence-corrected chi connectivity index (χ0v) is 11.9. The molecule has 0 atom stereocenters. The molecule has 18 heavy (non-hydrogen) atoms. The van der Waals surface area contributed by atoms with E-state index in [1.165, 1.54) is 26.4 Å². The summed E-state index contributed by atoms with van der Waals surface area (Å²) in [6.45, 7) is 7.54. The number of ether oxygens (including phenoxy) is 1. The summed E-state index contributed by atoms with van der Waals surface area (Å²) in [6.07, 6.45) is 0. The van der Waals surface area contributed by atoms with Gasteiger partial charge in [-0.25, -0.2) is 0 Å². The Bertz CT molecular complexity index is 545. The maximum absolute atomic E-state index is 5.91. The molecule has 1 aromatic heterocycles. The fourth-order valence-corrected chi connectivity index (χ4v) is 2.79. The molecule has 0 amide bonds. The summed E-state index contributed by atoms with van der Waals surface area (Å²) in [5.74, 6) is 0.967. The van der Waals surface area contributed by atoms with Crippen molar-refractivity contribution in [1.29, 1.82) is 0 Å². The predicted octanol–water partition coefficient (Wildman–Crippen LogP) is 3.71. The lowest BCUT2D eigenvalue weighted by Gasteiger charge is -2.10. The Balaban J connectivity index is 2.11. The molecule has 2 nitrogen and oxygen atoms in total. The maximum atomic E-state index is 5.91. The van der Waals surface area contributed by atoms with Crippen molar-refractivity contribution in [2.24, 2.45) is 5.73 Å². The van der Waals surface area contributed by atoms with Crippen LogP contribution in [0.15, 0.2) is 24.3 Å². The van der Waals surface area contributed by atoms with Crippen LogP contribution in [0.25, 0.3) is 0 Å². The van der Waals surface area contributed by atoms with Crippen molar-refractivity contribution in [2.75, 3.05) is 0 Å². The normalized spacial score (nSPS) is 10.7. The molecule has 0 unspecified atom stereocenters. The zero-order chi connectivity index (χ0) is 13.1. The van der Waals surface area contributed by atoms with Crippen LogP contribution in [0.3, 0.4) is 0 Å². The van der Waals surface area contributed by atoms with Crippen LogP contribution >= 0.6 is 11.3 Å². The van der Waals surface area contributed by atoms with Gasteiger partial charge in [-0.3, -0.25) is 0 Å². The van der Waals surface area contributed by atoms with Crippen LogP contribution < -0.4 is 10.5 Å². The van der Waals surface area contributed by atoms with Gasteiger partial charge in [0.05, 0.1) is 0 Å². The van der Waals surface area contributed by atoms with Gasteiger partial charge in [-0.2, -0.15) is 0 Å². The molecular formula is C15H19NOS. The van der Waals surface area contributed by atoms with Crippen molar-refractivity contribution in [3.8, 4) is 5.75 Å². The Kier molecular flexibility index (Phi) is 4.04. The van der Waals surface area contributed by atoms with Crippen molar-refractivity contribution in [1.82, 2.24) is 0 Å². The molecule has 0 aliphatic rings. The number of rotatable bonds is 4. The van der Waals surface area contributed by atoms with Crippen LogP contribution in [-0.4, -0.2) is 0 Å². The number of thiophene rings is 1. The van der Waals surface area contributed by atoms with E-state index in [1.54, 1.807) is 11.3 Å². The second-order valence-electron chi connectivity index (χ2n) is 4.48. The molecular weight excluding hydrogens is 242 g/mol. The standard InChI is InChI=1S/C15H19NOS/c1-10-5-4-6-15(11(10)2)17-9-13-7-14(8-16)18-12(13)3/h4-7H,8-9,16H2,1-3H3. The summed E-state index contributed by atoms with van der Waals surface area (Å²) < 4.78 is 5.91. The molecule has 1 aromatic carbocycles. The molecule has 3 heteroatoms. The third-order valence-corrected chi connectivity index (χ3v) is 4.33.